The van der Waals surface area contributed by atoms with E-state index in [4.69, 9.17) is 0 Å². The van der Waals surface area contributed by atoms with Crippen LogP contribution in [0.4, 0.5) is 5.69 Å². The van der Waals surface area contributed by atoms with Crippen LogP contribution in [0.2, 0.25) is 0 Å². The molecule has 1 aromatic carbocycles. The first-order chi connectivity index (χ1) is 13.6. The molecule has 1 N–H and O–H groups in total. The summed E-state index contributed by atoms with van der Waals surface area (Å²) >= 11 is 1.61. The maximum atomic E-state index is 12.6. The van der Waals surface area contributed by atoms with Crippen LogP contribution in [0.25, 0.3) is 10.9 Å². The molecule has 0 fully saturated rings. The van der Waals surface area contributed by atoms with E-state index in [1.54, 1.807) is 11.3 Å². The van der Waals surface area contributed by atoms with Gasteiger partial charge in [-0.05, 0) is 69.0 Å². The van der Waals surface area contributed by atoms with Crippen molar-refractivity contribution >= 4 is 39.7 Å². The van der Waals surface area contributed by atoms with Crippen LogP contribution in [0.15, 0.2) is 36.5 Å². The number of nitrogens with one attached hydrogen (secondary N) is 1. The van der Waals surface area contributed by atoms with Gasteiger partial charge in [0.25, 0.3) is 5.91 Å². The van der Waals surface area contributed by atoms with Gasteiger partial charge in [0.05, 0.1) is 4.88 Å². The van der Waals surface area contributed by atoms with Crippen molar-refractivity contribution < 1.29 is 9.59 Å². The minimum Gasteiger partial charge on any atom is -0.342 e. The van der Waals surface area contributed by atoms with E-state index in [9.17, 15) is 9.59 Å². The topological polar surface area (TPSA) is 54.3 Å². The number of rotatable bonds is 6. The van der Waals surface area contributed by atoms with E-state index in [2.05, 4.69) is 5.32 Å². The summed E-state index contributed by atoms with van der Waals surface area (Å²) in [6, 6.07) is 9.86. The van der Waals surface area contributed by atoms with Gasteiger partial charge in [0.2, 0.25) is 5.91 Å². The number of thiophene rings is 1. The lowest BCUT2D eigenvalue weighted by Crippen LogP contribution is -2.33. The zero-order chi connectivity index (χ0) is 19.7. The first-order valence-corrected chi connectivity index (χ1v) is 10.7. The highest BCUT2D eigenvalue weighted by molar-refractivity contribution is 7.14. The van der Waals surface area contributed by atoms with Gasteiger partial charge >= 0.3 is 0 Å². The number of amides is 2. The molecular weight excluding hydrogens is 370 g/mol. The highest BCUT2D eigenvalue weighted by Gasteiger charge is 2.19. The highest BCUT2D eigenvalue weighted by atomic mass is 32.1. The average molecular weight is 396 g/mol. The van der Waals surface area contributed by atoms with Crippen LogP contribution in [-0.4, -0.2) is 34.4 Å². The summed E-state index contributed by atoms with van der Waals surface area (Å²) in [5.74, 6) is 0.0699. The van der Waals surface area contributed by atoms with Crippen molar-refractivity contribution in [3.63, 3.8) is 0 Å². The van der Waals surface area contributed by atoms with Gasteiger partial charge < -0.3 is 14.8 Å². The van der Waals surface area contributed by atoms with Crippen LogP contribution in [0.5, 0.6) is 0 Å². The molecule has 1 aliphatic carbocycles. The number of likely N-dealkylation sites (N-methyl/N-ethyl adjacent to an activating group) is 1. The van der Waals surface area contributed by atoms with Crippen LogP contribution in [0, 0.1) is 0 Å². The molecule has 0 saturated carbocycles. The predicted molar refractivity (Wildman–Crippen MR) is 114 cm³/mol. The molecule has 3 aromatic rings. The maximum absolute atomic E-state index is 12.6. The monoisotopic (exact) mass is 395 g/mol. The average Bonchev–Trinajstić information content (AvgIpc) is 3.37. The van der Waals surface area contributed by atoms with Crippen LogP contribution in [0.1, 0.15) is 40.4 Å². The summed E-state index contributed by atoms with van der Waals surface area (Å²) in [5.41, 5.74) is 3.10. The van der Waals surface area contributed by atoms with E-state index < -0.39 is 0 Å². The Labute approximate surface area is 169 Å². The second-order valence-electron chi connectivity index (χ2n) is 7.15. The highest BCUT2D eigenvalue weighted by Crippen LogP contribution is 2.31. The zero-order valence-electron chi connectivity index (χ0n) is 16.3. The quantitative estimate of drug-likeness (QED) is 0.676. The SMILES string of the molecule is CCN(CC)C(=O)Cn1ccc2cc(NC(=O)c3cc4c(s3)CCC4)ccc21. The van der Waals surface area contributed by atoms with Crippen LogP contribution >= 0.6 is 11.3 Å². The van der Waals surface area contributed by atoms with Gasteiger partial charge in [-0.1, -0.05) is 0 Å². The number of aromatic nitrogens is 1. The van der Waals surface area contributed by atoms with E-state index in [-0.39, 0.29) is 11.8 Å². The molecule has 0 radical (unpaired) electrons. The van der Waals surface area contributed by atoms with Crippen LogP contribution in [0.3, 0.4) is 0 Å². The van der Waals surface area contributed by atoms with Gasteiger partial charge in [-0.3, -0.25) is 9.59 Å². The Morgan fingerprint density at radius 3 is 2.71 bits per heavy atom. The number of hydrogen-bond acceptors (Lipinski definition) is 3. The number of carbonyl (C=O) groups is 2. The standard InChI is InChI=1S/C22H25N3O2S/c1-3-24(4-2)21(26)14-25-11-10-15-12-17(8-9-18(15)25)23-22(27)20-13-16-6-5-7-19(16)28-20/h8-13H,3-7,14H2,1-2H3,(H,23,27). The molecule has 5 nitrogen and oxygen atoms in total. The lowest BCUT2D eigenvalue weighted by atomic mass is 10.2. The van der Waals surface area contributed by atoms with E-state index in [0.29, 0.717) is 6.54 Å². The summed E-state index contributed by atoms with van der Waals surface area (Å²) in [7, 11) is 0. The fourth-order valence-corrected chi connectivity index (χ4v) is 5.02. The van der Waals surface area contributed by atoms with Gasteiger partial charge in [0, 0.05) is 40.8 Å². The molecule has 146 valence electrons. The molecule has 0 unspecified atom stereocenters. The van der Waals surface area contributed by atoms with Crippen molar-refractivity contribution in [1.29, 1.82) is 0 Å². The molecule has 0 bridgehead atoms. The second-order valence-corrected chi connectivity index (χ2v) is 8.29. The number of nitrogens with zero attached hydrogens (tertiary/aromatic N) is 2. The van der Waals surface area contributed by atoms with Crippen molar-refractivity contribution in [2.45, 2.75) is 39.7 Å². The number of hydrogen-bond donors (Lipinski definition) is 1. The molecule has 2 aromatic heterocycles. The molecule has 2 heterocycles. The summed E-state index contributed by atoms with van der Waals surface area (Å²) in [6.07, 6.45) is 5.32. The second kappa shape index (κ2) is 7.80. The molecule has 2 amide bonds. The van der Waals surface area contributed by atoms with Crippen molar-refractivity contribution in [3.8, 4) is 0 Å². The number of anilines is 1. The molecule has 0 aliphatic heterocycles. The Morgan fingerprint density at radius 1 is 1.14 bits per heavy atom. The molecule has 4 rings (SSSR count). The van der Waals surface area contributed by atoms with Crippen LogP contribution in [-0.2, 0) is 24.2 Å². The molecule has 0 spiro atoms. The zero-order valence-corrected chi connectivity index (χ0v) is 17.1. The van der Waals surface area contributed by atoms with E-state index in [0.717, 1.165) is 47.4 Å². The Bertz CT molecular complexity index is 1010. The first-order valence-electron chi connectivity index (χ1n) is 9.88. The van der Waals surface area contributed by atoms with Gasteiger partial charge in [0.15, 0.2) is 0 Å². The number of benzene rings is 1. The van der Waals surface area contributed by atoms with E-state index in [1.807, 2.05) is 59.8 Å². The largest absolute Gasteiger partial charge is 0.342 e. The predicted octanol–water partition coefficient (Wildman–Crippen LogP) is 4.31. The van der Waals surface area contributed by atoms with E-state index in [1.165, 1.54) is 16.9 Å². The smallest absolute Gasteiger partial charge is 0.265 e. The third-order valence-electron chi connectivity index (χ3n) is 5.42. The first kappa shape index (κ1) is 18.7. The molecule has 28 heavy (non-hydrogen) atoms. The minimum absolute atomic E-state index is 0.0464. The van der Waals surface area contributed by atoms with Crippen LogP contribution < -0.4 is 5.32 Å². The third-order valence-corrected chi connectivity index (χ3v) is 6.66. The fraction of sp³-hybridized carbons (Fsp3) is 0.364. The Kier molecular flexibility index (Phi) is 5.22. The molecule has 6 heteroatoms. The van der Waals surface area contributed by atoms with Gasteiger partial charge in [-0.25, -0.2) is 0 Å². The third kappa shape index (κ3) is 3.56. The molecule has 1 aliphatic rings. The van der Waals surface area contributed by atoms with Gasteiger partial charge in [0.1, 0.15) is 6.54 Å². The van der Waals surface area contributed by atoms with Crippen molar-refractivity contribution in [2.24, 2.45) is 0 Å². The summed E-state index contributed by atoms with van der Waals surface area (Å²) in [4.78, 5) is 29.0. The van der Waals surface area contributed by atoms with Gasteiger partial charge in [-0.2, -0.15) is 0 Å². The Balaban J connectivity index is 1.49. The molecular formula is C22H25N3O2S. The molecule has 0 atom stereocenters. The van der Waals surface area contributed by atoms with Crippen molar-refractivity contribution in [1.82, 2.24) is 9.47 Å². The Hall–Kier alpha value is -2.60. The molecule has 0 saturated heterocycles. The number of carbonyl (C=O) groups excluding carboxylic acids is 2. The number of aryl methyl sites for hydroxylation is 2. The summed E-state index contributed by atoms with van der Waals surface area (Å²) in [5, 5.41) is 4.03. The fourth-order valence-electron chi connectivity index (χ4n) is 3.87. The van der Waals surface area contributed by atoms with Crippen molar-refractivity contribution in [3.05, 3.63) is 51.8 Å². The normalized spacial score (nSPS) is 12.9. The van der Waals surface area contributed by atoms with Crippen molar-refractivity contribution in [2.75, 3.05) is 18.4 Å². The summed E-state index contributed by atoms with van der Waals surface area (Å²) in [6.45, 7) is 5.75. The lowest BCUT2D eigenvalue weighted by molar-refractivity contribution is -0.131. The van der Waals surface area contributed by atoms with E-state index >= 15 is 0 Å². The lowest BCUT2D eigenvalue weighted by Gasteiger charge is -2.19. The maximum Gasteiger partial charge on any atom is 0.265 e. The minimum atomic E-state index is -0.0464. The Morgan fingerprint density at radius 2 is 1.96 bits per heavy atom. The summed E-state index contributed by atoms with van der Waals surface area (Å²) < 4.78 is 1.96. The number of fused-ring (bicyclic) bond motifs is 2. The van der Waals surface area contributed by atoms with Gasteiger partial charge in [-0.15, -0.1) is 11.3 Å².